The maximum absolute atomic E-state index is 10.9. The van der Waals surface area contributed by atoms with E-state index in [-0.39, 0.29) is 0 Å². The summed E-state index contributed by atoms with van der Waals surface area (Å²) in [6.07, 6.45) is 2.69. The Hall–Kier alpha value is -0.610. The van der Waals surface area contributed by atoms with Gasteiger partial charge in [-0.15, -0.1) is 0 Å². The SMILES string of the molecule is O=C(NO)[C@H]1CCCC[C@@H]1O. The second kappa shape index (κ2) is 3.69. The van der Waals surface area contributed by atoms with E-state index in [1.54, 1.807) is 5.48 Å². The first-order chi connectivity index (χ1) is 5.25. The molecule has 1 aliphatic carbocycles. The predicted octanol–water partition coefficient (Wildman–Crippen LogP) is 0.0429. The largest absolute Gasteiger partial charge is 0.392 e. The van der Waals surface area contributed by atoms with Crippen LogP contribution in [0.5, 0.6) is 0 Å². The van der Waals surface area contributed by atoms with Crippen molar-refractivity contribution in [2.75, 3.05) is 0 Å². The minimum atomic E-state index is -0.573. The Labute approximate surface area is 65.2 Å². The lowest BCUT2D eigenvalue weighted by Gasteiger charge is -2.25. The molecule has 1 amide bonds. The first-order valence-electron chi connectivity index (χ1n) is 3.87. The third-order valence-corrected chi connectivity index (χ3v) is 2.18. The smallest absolute Gasteiger partial charge is 0.249 e. The highest BCUT2D eigenvalue weighted by molar-refractivity contribution is 5.78. The molecule has 1 fully saturated rings. The normalized spacial score (nSPS) is 31.5. The summed E-state index contributed by atoms with van der Waals surface area (Å²) in [7, 11) is 0. The molecule has 0 aliphatic heterocycles. The molecular formula is C7H13NO3. The van der Waals surface area contributed by atoms with E-state index in [1.165, 1.54) is 0 Å². The van der Waals surface area contributed by atoms with Gasteiger partial charge in [-0.05, 0) is 12.8 Å². The number of hydroxylamine groups is 1. The maximum atomic E-state index is 10.9. The molecule has 4 nitrogen and oxygen atoms in total. The second-order valence-corrected chi connectivity index (χ2v) is 2.93. The molecule has 4 heteroatoms. The summed E-state index contributed by atoms with van der Waals surface area (Å²) in [5.41, 5.74) is 1.57. The molecule has 0 spiro atoms. The van der Waals surface area contributed by atoms with Gasteiger partial charge in [-0.2, -0.15) is 0 Å². The summed E-state index contributed by atoms with van der Waals surface area (Å²) in [5.74, 6) is -0.869. The number of amides is 1. The van der Waals surface area contributed by atoms with Gasteiger partial charge in [0.2, 0.25) is 5.91 Å². The van der Waals surface area contributed by atoms with Crippen LogP contribution >= 0.6 is 0 Å². The molecule has 0 aromatic heterocycles. The summed E-state index contributed by atoms with van der Waals surface area (Å²) in [5, 5.41) is 17.6. The Morgan fingerprint density at radius 2 is 2.00 bits per heavy atom. The van der Waals surface area contributed by atoms with Crippen LogP contribution in [0.4, 0.5) is 0 Å². The highest BCUT2D eigenvalue weighted by Gasteiger charge is 2.28. The molecule has 64 valence electrons. The number of hydrogen-bond acceptors (Lipinski definition) is 3. The third-order valence-electron chi connectivity index (χ3n) is 2.18. The van der Waals surface area contributed by atoms with Crippen molar-refractivity contribution in [1.82, 2.24) is 5.48 Å². The van der Waals surface area contributed by atoms with E-state index in [2.05, 4.69) is 0 Å². The summed E-state index contributed by atoms with van der Waals surface area (Å²) >= 11 is 0. The van der Waals surface area contributed by atoms with Crippen molar-refractivity contribution < 1.29 is 15.1 Å². The lowest BCUT2D eigenvalue weighted by Crippen LogP contribution is -2.37. The van der Waals surface area contributed by atoms with Gasteiger partial charge >= 0.3 is 0 Å². The van der Waals surface area contributed by atoms with Crippen LogP contribution in [0, 0.1) is 5.92 Å². The van der Waals surface area contributed by atoms with Crippen LogP contribution in [0.25, 0.3) is 0 Å². The van der Waals surface area contributed by atoms with Gasteiger partial charge in [0.05, 0.1) is 12.0 Å². The molecule has 0 unspecified atom stereocenters. The molecular weight excluding hydrogens is 146 g/mol. The zero-order valence-electron chi connectivity index (χ0n) is 6.29. The molecule has 2 atom stereocenters. The second-order valence-electron chi connectivity index (χ2n) is 2.93. The van der Waals surface area contributed by atoms with Gasteiger partial charge in [-0.3, -0.25) is 10.0 Å². The lowest BCUT2D eigenvalue weighted by molar-refractivity contribution is -0.138. The molecule has 3 N–H and O–H groups in total. The zero-order valence-corrected chi connectivity index (χ0v) is 6.29. The van der Waals surface area contributed by atoms with Crippen LogP contribution in [0.15, 0.2) is 0 Å². The fraction of sp³-hybridized carbons (Fsp3) is 0.857. The van der Waals surface area contributed by atoms with Gasteiger partial charge in [0.1, 0.15) is 0 Å². The number of rotatable bonds is 1. The van der Waals surface area contributed by atoms with Crippen molar-refractivity contribution in [3.63, 3.8) is 0 Å². The Kier molecular flexibility index (Phi) is 2.84. The van der Waals surface area contributed by atoms with Crippen LogP contribution in [0.3, 0.4) is 0 Å². The van der Waals surface area contributed by atoms with E-state index in [0.717, 1.165) is 12.8 Å². The van der Waals surface area contributed by atoms with Crippen LogP contribution in [-0.2, 0) is 4.79 Å². The quantitative estimate of drug-likeness (QED) is 0.374. The molecule has 1 rings (SSSR count). The molecule has 0 aromatic rings. The number of aliphatic hydroxyl groups excluding tert-OH is 1. The van der Waals surface area contributed by atoms with Crippen molar-refractivity contribution in [2.24, 2.45) is 5.92 Å². The monoisotopic (exact) mass is 159 g/mol. The lowest BCUT2D eigenvalue weighted by atomic mass is 9.86. The number of hydrogen-bond donors (Lipinski definition) is 3. The van der Waals surface area contributed by atoms with Crippen LogP contribution in [0.1, 0.15) is 25.7 Å². The molecule has 11 heavy (non-hydrogen) atoms. The average molecular weight is 159 g/mol. The van der Waals surface area contributed by atoms with Gasteiger partial charge in [0, 0.05) is 0 Å². The van der Waals surface area contributed by atoms with Gasteiger partial charge in [0.25, 0.3) is 0 Å². The van der Waals surface area contributed by atoms with Crippen LogP contribution < -0.4 is 5.48 Å². The third kappa shape index (κ3) is 1.91. The standard InChI is InChI=1S/C7H13NO3/c9-6-4-2-1-3-5(6)7(10)8-11/h5-6,9,11H,1-4H2,(H,8,10)/t5-,6-/m0/s1. The Morgan fingerprint density at radius 1 is 1.36 bits per heavy atom. The van der Waals surface area contributed by atoms with E-state index in [9.17, 15) is 9.90 Å². The van der Waals surface area contributed by atoms with Gasteiger partial charge in [-0.25, -0.2) is 5.48 Å². The van der Waals surface area contributed by atoms with Gasteiger partial charge < -0.3 is 5.11 Å². The minimum absolute atomic E-state index is 0.409. The first-order valence-corrected chi connectivity index (χ1v) is 3.87. The van der Waals surface area contributed by atoms with Crippen molar-refractivity contribution in [3.8, 4) is 0 Å². The topological polar surface area (TPSA) is 69.6 Å². The fourth-order valence-electron chi connectivity index (χ4n) is 1.50. The number of carbonyl (C=O) groups is 1. The van der Waals surface area contributed by atoms with Gasteiger partial charge in [0.15, 0.2) is 0 Å². The highest BCUT2D eigenvalue weighted by Crippen LogP contribution is 2.23. The maximum Gasteiger partial charge on any atom is 0.249 e. The van der Waals surface area contributed by atoms with Crippen molar-refractivity contribution in [2.45, 2.75) is 31.8 Å². The molecule has 0 saturated heterocycles. The molecule has 0 radical (unpaired) electrons. The van der Waals surface area contributed by atoms with Crippen molar-refractivity contribution in [1.29, 1.82) is 0 Å². The predicted molar refractivity (Wildman–Crippen MR) is 37.9 cm³/mol. The van der Waals surface area contributed by atoms with E-state index < -0.39 is 17.9 Å². The van der Waals surface area contributed by atoms with E-state index in [0.29, 0.717) is 12.8 Å². The van der Waals surface area contributed by atoms with Crippen LogP contribution in [-0.4, -0.2) is 22.3 Å². The number of carbonyl (C=O) groups excluding carboxylic acids is 1. The highest BCUT2D eigenvalue weighted by atomic mass is 16.5. The summed E-state index contributed by atoms with van der Waals surface area (Å²) in [6.45, 7) is 0. The Balaban J connectivity index is 2.47. The molecule has 1 saturated carbocycles. The average Bonchev–Trinajstić information content (AvgIpc) is 2.04. The van der Waals surface area contributed by atoms with E-state index in [4.69, 9.17) is 5.21 Å². The zero-order chi connectivity index (χ0) is 8.27. The number of nitrogens with one attached hydrogen (secondary N) is 1. The molecule has 0 aromatic carbocycles. The molecule has 0 heterocycles. The Morgan fingerprint density at radius 3 is 2.55 bits per heavy atom. The fourth-order valence-corrected chi connectivity index (χ4v) is 1.50. The summed E-state index contributed by atoms with van der Waals surface area (Å²) < 4.78 is 0. The summed E-state index contributed by atoms with van der Waals surface area (Å²) in [6, 6.07) is 0. The van der Waals surface area contributed by atoms with Gasteiger partial charge in [-0.1, -0.05) is 12.8 Å². The number of aliphatic hydroxyl groups is 1. The molecule has 1 aliphatic rings. The Bertz CT molecular complexity index is 149. The summed E-state index contributed by atoms with van der Waals surface area (Å²) in [4.78, 5) is 10.9. The van der Waals surface area contributed by atoms with E-state index in [1.807, 2.05) is 0 Å². The molecule has 0 bridgehead atoms. The minimum Gasteiger partial charge on any atom is -0.392 e. The first kappa shape index (κ1) is 8.49. The van der Waals surface area contributed by atoms with Crippen molar-refractivity contribution in [3.05, 3.63) is 0 Å². The van der Waals surface area contributed by atoms with E-state index >= 15 is 0 Å². The van der Waals surface area contributed by atoms with Crippen molar-refractivity contribution >= 4 is 5.91 Å². The van der Waals surface area contributed by atoms with Crippen LogP contribution in [0.2, 0.25) is 0 Å².